The Balaban J connectivity index is 1.55. The number of carbonyl (C=O) groups is 3. The quantitative estimate of drug-likeness (QED) is 0.291. The molecule has 0 aliphatic carbocycles. The third-order valence-corrected chi connectivity index (χ3v) is 6.08. The Kier molecular flexibility index (Phi) is 9.68. The number of hydrogen-bond acceptors (Lipinski definition) is 7. The third-order valence-electron chi connectivity index (χ3n) is 4.79. The first-order valence-electron chi connectivity index (χ1n) is 11.1. The Morgan fingerprint density at radius 2 is 1.89 bits per heavy atom. The number of nitrogens with zero attached hydrogens (tertiary/aromatic N) is 3. The van der Waals surface area contributed by atoms with E-state index in [0.29, 0.717) is 46.0 Å². The van der Waals surface area contributed by atoms with E-state index >= 15 is 0 Å². The van der Waals surface area contributed by atoms with Crippen LogP contribution in [-0.2, 0) is 22.6 Å². The maximum Gasteiger partial charge on any atom is 0.338 e. The molecule has 2 N–H and O–H groups in total. The molecule has 1 heterocycles. The van der Waals surface area contributed by atoms with Crippen LogP contribution in [0.15, 0.2) is 53.7 Å². The largest absolute Gasteiger partial charge is 0.462 e. The summed E-state index contributed by atoms with van der Waals surface area (Å²) in [7, 11) is 0. The van der Waals surface area contributed by atoms with Crippen molar-refractivity contribution in [1.82, 2.24) is 20.1 Å². The minimum Gasteiger partial charge on any atom is -0.462 e. The van der Waals surface area contributed by atoms with Crippen LogP contribution in [0.1, 0.15) is 46.8 Å². The molecule has 0 aliphatic heterocycles. The average Bonchev–Trinajstić information content (AvgIpc) is 3.26. The van der Waals surface area contributed by atoms with E-state index in [4.69, 9.17) is 16.3 Å². The van der Waals surface area contributed by atoms with E-state index in [-0.39, 0.29) is 24.1 Å². The second-order valence-electron chi connectivity index (χ2n) is 7.36. The SMILES string of the molecule is CCCOC(=O)c1cccc(NC(=O)CSc2nnc(CNC(=O)c3ccccc3Cl)n2CC)c1. The minimum absolute atomic E-state index is 0.0919. The van der Waals surface area contributed by atoms with Gasteiger partial charge in [-0.3, -0.25) is 9.59 Å². The molecule has 0 radical (unpaired) electrons. The number of esters is 1. The predicted octanol–water partition coefficient (Wildman–Crippen LogP) is 4.18. The molecular weight excluding hydrogens is 490 g/mol. The smallest absolute Gasteiger partial charge is 0.338 e. The van der Waals surface area contributed by atoms with Crippen LogP contribution in [0.3, 0.4) is 0 Å². The zero-order chi connectivity index (χ0) is 25.2. The van der Waals surface area contributed by atoms with Gasteiger partial charge in [0.2, 0.25) is 5.91 Å². The van der Waals surface area contributed by atoms with Crippen LogP contribution in [0.5, 0.6) is 0 Å². The van der Waals surface area contributed by atoms with Crippen molar-refractivity contribution in [2.24, 2.45) is 0 Å². The number of aromatic nitrogens is 3. The number of ether oxygens (including phenoxy) is 1. The monoisotopic (exact) mass is 515 g/mol. The number of nitrogens with one attached hydrogen (secondary N) is 2. The van der Waals surface area contributed by atoms with Crippen molar-refractivity contribution in [3.63, 3.8) is 0 Å². The van der Waals surface area contributed by atoms with Crippen molar-refractivity contribution >= 4 is 46.8 Å². The van der Waals surface area contributed by atoms with Gasteiger partial charge < -0.3 is 19.9 Å². The molecule has 0 aliphatic rings. The summed E-state index contributed by atoms with van der Waals surface area (Å²) < 4.78 is 6.96. The molecule has 184 valence electrons. The van der Waals surface area contributed by atoms with Crippen LogP contribution in [0.25, 0.3) is 0 Å². The number of rotatable bonds is 11. The van der Waals surface area contributed by atoms with Crippen LogP contribution in [0.4, 0.5) is 5.69 Å². The average molecular weight is 516 g/mol. The van der Waals surface area contributed by atoms with Gasteiger partial charge in [0.25, 0.3) is 5.91 Å². The fourth-order valence-electron chi connectivity index (χ4n) is 3.10. The van der Waals surface area contributed by atoms with E-state index < -0.39 is 5.97 Å². The highest BCUT2D eigenvalue weighted by atomic mass is 35.5. The van der Waals surface area contributed by atoms with Crippen molar-refractivity contribution in [2.75, 3.05) is 17.7 Å². The lowest BCUT2D eigenvalue weighted by molar-refractivity contribution is -0.113. The van der Waals surface area contributed by atoms with E-state index in [2.05, 4.69) is 20.8 Å². The van der Waals surface area contributed by atoms with Crippen LogP contribution < -0.4 is 10.6 Å². The maximum absolute atomic E-state index is 12.5. The van der Waals surface area contributed by atoms with E-state index in [1.807, 2.05) is 18.4 Å². The molecular formula is C24H26ClN5O4S. The van der Waals surface area contributed by atoms with Gasteiger partial charge in [-0.2, -0.15) is 0 Å². The molecule has 9 nitrogen and oxygen atoms in total. The zero-order valence-corrected chi connectivity index (χ0v) is 21.0. The molecule has 0 atom stereocenters. The number of benzene rings is 2. The first-order chi connectivity index (χ1) is 16.9. The van der Waals surface area contributed by atoms with Gasteiger partial charge in [0.15, 0.2) is 11.0 Å². The van der Waals surface area contributed by atoms with E-state index in [1.54, 1.807) is 48.5 Å². The lowest BCUT2D eigenvalue weighted by atomic mass is 10.2. The van der Waals surface area contributed by atoms with Gasteiger partial charge in [-0.25, -0.2) is 4.79 Å². The van der Waals surface area contributed by atoms with Crippen LogP contribution >= 0.6 is 23.4 Å². The van der Waals surface area contributed by atoms with E-state index in [1.165, 1.54) is 11.8 Å². The summed E-state index contributed by atoms with van der Waals surface area (Å²) in [5, 5.41) is 14.8. The van der Waals surface area contributed by atoms with Gasteiger partial charge in [-0.05, 0) is 43.7 Å². The highest BCUT2D eigenvalue weighted by Gasteiger charge is 2.16. The molecule has 0 fully saturated rings. The maximum atomic E-state index is 12.5. The number of carbonyl (C=O) groups excluding carboxylic acids is 3. The number of amides is 2. The predicted molar refractivity (Wildman–Crippen MR) is 135 cm³/mol. The number of halogens is 1. The standard InChI is InChI=1S/C24H26ClN5O4S/c1-3-12-34-23(33)16-8-7-9-17(13-16)27-21(31)15-35-24-29-28-20(30(24)4-2)14-26-22(32)18-10-5-6-11-19(18)25/h5-11,13H,3-4,12,14-15H2,1-2H3,(H,26,32)(H,27,31). The van der Waals surface area contributed by atoms with Crippen LogP contribution in [0, 0.1) is 0 Å². The lowest BCUT2D eigenvalue weighted by Gasteiger charge is -2.10. The molecule has 2 aromatic carbocycles. The van der Waals surface area contributed by atoms with E-state index in [9.17, 15) is 14.4 Å². The Bertz CT molecular complexity index is 1200. The Morgan fingerprint density at radius 1 is 1.09 bits per heavy atom. The van der Waals surface area contributed by atoms with Crippen LogP contribution in [0.2, 0.25) is 5.02 Å². The minimum atomic E-state index is -0.428. The molecule has 1 aromatic heterocycles. The van der Waals surface area contributed by atoms with Gasteiger partial charge in [0, 0.05) is 12.2 Å². The molecule has 0 spiro atoms. The number of hydrogen-bond donors (Lipinski definition) is 2. The summed E-state index contributed by atoms with van der Waals surface area (Å²) in [5.41, 5.74) is 1.25. The first kappa shape index (κ1) is 26.2. The summed E-state index contributed by atoms with van der Waals surface area (Å²) >= 11 is 7.30. The van der Waals surface area contributed by atoms with Gasteiger partial charge in [0.05, 0.1) is 35.1 Å². The van der Waals surface area contributed by atoms with Crippen molar-refractivity contribution < 1.29 is 19.1 Å². The molecule has 0 unspecified atom stereocenters. The molecule has 3 rings (SSSR count). The van der Waals surface area contributed by atoms with Gasteiger partial charge in [0.1, 0.15) is 0 Å². The van der Waals surface area contributed by atoms with Crippen molar-refractivity contribution in [1.29, 1.82) is 0 Å². The summed E-state index contributed by atoms with van der Waals surface area (Å²) in [4.78, 5) is 36.9. The fourth-order valence-corrected chi connectivity index (χ4v) is 4.15. The normalized spacial score (nSPS) is 10.6. The topological polar surface area (TPSA) is 115 Å². The molecule has 35 heavy (non-hydrogen) atoms. The molecule has 0 saturated heterocycles. The van der Waals surface area contributed by atoms with Gasteiger partial charge >= 0.3 is 5.97 Å². The highest BCUT2D eigenvalue weighted by Crippen LogP contribution is 2.19. The molecule has 0 saturated carbocycles. The molecule has 2 amide bonds. The van der Waals surface area contributed by atoms with Crippen molar-refractivity contribution in [3.8, 4) is 0 Å². The summed E-state index contributed by atoms with van der Waals surface area (Å²) in [5.74, 6) is -0.338. The Morgan fingerprint density at radius 3 is 2.63 bits per heavy atom. The van der Waals surface area contributed by atoms with E-state index in [0.717, 1.165) is 6.42 Å². The Hall–Kier alpha value is -3.37. The fraction of sp³-hybridized carbons (Fsp3) is 0.292. The van der Waals surface area contributed by atoms with Gasteiger partial charge in [-0.15, -0.1) is 10.2 Å². The summed E-state index contributed by atoms with van der Waals surface area (Å²) in [6.07, 6.45) is 0.733. The first-order valence-corrected chi connectivity index (χ1v) is 12.4. The Labute approximate surface area is 212 Å². The third kappa shape index (κ3) is 7.30. The highest BCUT2D eigenvalue weighted by molar-refractivity contribution is 7.99. The molecule has 11 heteroatoms. The van der Waals surface area contributed by atoms with Gasteiger partial charge in [-0.1, -0.05) is 48.5 Å². The number of thioether (sulfide) groups is 1. The molecule has 3 aromatic rings. The molecule has 0 bridgehead atoms. The van der Waals surface area contributed by atoms with Crippen LogP contribution in [-0.4, -0.2) is 44.9 Å². The number of anilines is 1. The second-order valence-corrected chi connectivity index (χ2v) is 8.71. The zero-order valence-electron chi connectivity index (χ0n) is 19.4. The van der Waals surface area contributed by atoms with Crippen molar-refractivity contribution in [3.05, 3.63) is 70.5 Å². The summed E-state index contributed by atoms with van der Waals surface area (Å²) in [6.45, 7) is 4.92. The summed E-state index contributed by atoms with van der Waals surface area (Å²) in [6, 6.07) is 13.4. The van der Waals surface area contributed by atoms with Crippen molar-refractivity contribution in [2.45, 2.75) is 38.5 Å². The lowest BCUT2D eigenvalue weighted by Crippen LogP contribution is -2.25. The second kappa shape index (κ2) is 12.9.